The summed E-state index contributed by atoms with van der Waals surface area (Å²) in [6, 6.07) is 13.0. The largest absolute Gasteiger partial charge is 0.430 e. The minimum Gasteiger partial charge on any atom is -0.430 e. The van der Waals surface area contributed by atoms with Crippen LogP contribution in [0.4, 0.5) is 0 Å². The van der Waals surface area contributed by atoms with Gasteiger partial charge in [-0.2, -0.15) is 9.36 Å². The molecule has 1 saturated carbocycles. The normalized spacial score (nSPS) is 13.4. The van der Waals surface area contributed by atoms with Crippen molar-refractivity contribution < 1.29 is 4.74 Å². The highest BCUT2D eigenvalue weighted by Gasteiger charge is 2.23. The molecule has 0 amide bonds. The molecule has 0 atom stereocenters. The number of hydrogen-bond acceptors (Lipinski definition) is 5. The van der Waals surface area contributed by atoms with Crippen LogP contribution in [0.5, 0.6) is 10.9 Å². The molecule has 0 aliphatic heterocycles. The zero-order chi connectivity index (χ0) is 20.4. The number of likely N-dealkylation sites (N-methyl/N-ethyl adjacent to an activating group) is 1. The molecule has 1 aliphatic rings. The minimum absolute atomic E-state index is 0. The zero-order valence-electron chi connectivity index (χ0n) is 18.1. The predicted octanol–water partition coefficient (Wildman–Crippen LogP) is 6.41. The Morgan fingerprint density at radius 1 is 1.10 bits per heavy atom. The van der Waals surface area contributed by atoms with Crippen molar-refractivity contribution in [2.24, 2.45) is 0 Å². The molecule has 1 fully saturated rings. The number of nitrogens with zero attached hydrogens (tertiary/aromatic N) is 3. The summed E-state index contributed by atoms with van der Waals surface area (Å²) in [6.07, 6.45) is 3.69. The molecule has 0 N–H and O–H groups in total. The topological polar surface area (TPSA) is 38.2 Å². The number of rotatable bonds is 8. The number of hydrogen-bond donors (Lipinski definition) is 0. The van der Waals surface area contributed by atoms with Crippen molar-refractivity contribution in [1.29, 1.82) is 0 Å². The van der Waals surface area contributed by atoms with Crippen LogP contribution in [0.25, 0.3) is 11.4 Å². The first-order chi connectivity index (χ1) is 14.0. The van der Waals surface area contributed by atoms with E-state index in [-0.39, 0.29) is 12.4 Å². The maximum Gasteiger partial charge on any atom is 0.299 e. The van der Waals surface area contributed by atoms with Gasteiger partial charge < -0.3 is 9.64 Å². The molecule has 1 aromatic heterocycles. The molecule has 30 heavy (non-hydrogen) atoms. The summed E-state index contributed by atoms with van der Waals surface area (Å²) in [6.45, 7) is 8.58. The third kappa shape index (κ3) is 5.39. The molecule has 0 saturated heterocycles. The highest BCUT2D eigenvalue weighted by Crippen LogP contribution is 2.40. The average Bonchev–Trinajstić information content (AvgIpc) is 3.48. The standard InChI is InChI=1S/C24H29N3OS.ClH/c1-5-27(4)13-12-21-14-17(3)22(15-16(21)2)28-24-25-23(26-29-24)20-10-8-19(9-11-20)18-6-7-18;/h8-11,14-15,18H,5-7,12-13H2,1-4H3;1H. The molecular formula is C24H30ClN3OS. The molecule has 160 valence electrons. The van der Waals surface area contributed by atoms with Crippen LogP contribution in [0, 0.1) is 13.8 Å². The van der Waals surface area contributed by atoms with Crippen molar-refractivity contribution in [2.75, 3.05) is 20.1 Å². The van der Waals surface area contributed by atoms with Gasteiger partial charge in [0.15, 0.2) is 5.82 Å². The Balaban J connectivity index is 0.00000256. The summed E-state index contributed by atoms with van der Waals surface area (Å²) in [4.78, 5) is 6.94. The Labute approximate surface area is 189 Å². The van der Waals surface area contributed by atoms with Crippen molar-refractivity contribution >= 4 is 23.9 Å². The van der Waals surface area contributed by atoms with Crippen LogP contribution in [0.2, 0.25) is 0 Å². The van der Waals surface area contributed by atoms with Crippen molar-refractivity contribution in [3.05, 3.63) is 58.7 Å². The lowest BCUT2D eigenvalue weighted by atomic mass is 10.0. The van der Waals surface area contributed by atoms with Crippen molar-refractivity contribution in [1.82, 2.24) is 14.3 Å². The lowest BCUT2D eigenvalue weighted by Gasteiger charge is -2.16. The Morgan fingerprint density at radius 3 is 2.50 bits per heavy atom. The van der Waals surface area contributed by atoms with Gasteiger partial charge in [-0.25, -0.2) is 0 Å². The third-order valence-electron chi connectivity index (χ3n) is 5.76. The fourth-order valence-electron chi connectivity index (χ4n) is 3.48. The SMILES string of the molecule is CCN(C)CCc1cc(C)c(Oc2nc(-c3ccc(C4CC4)cc3)ns2)cc1C.Cl. The van der Waals surface area contributed by atoms with Gasteiger partial charge in [0, 0.05) is 23.6 Å². The number of aromatic nitrogens is 2. The van der Waals surface area contributed by atoms with Crippen molar-refractivity contribution in [3.63, 3.8) is 0 Å². The summed E-state index contributed by atoms with van der Waals surface area (Å²) in [5, 5.41) is 0.590. The number of aryl methyl sites for hydroxylation is 2. The van der Waals surface area contributed by atoms with Gasteiger partial charge >= 0.3 is 0 Å². The van der Waals surface area contributed by atoms with E-state index in [1.807, 2.05) is 0 Å². The van der Waals surface area contributed by atoms with E-state index < -0.39 is 0 Å². The lowest BCUT2D eigenvalue weighted by Crippen LogP contribution is -2.20. The Bertz CT molecular complexity index is 983. The molecule has 0 radical (unpaired) electrons. The highest BCUT2D eigenvalue weighted by molar-refractivity contribution is 7.07. The van der Waals surface area contributed by atoms with E-state index in [2.05, 4.69) is 78.5 Å². The van der Waals surface area contributed by atoms with E-state index in [9.17, 15) is 0 Å². The molecule has 0 unspecified atom stereocenters. The summed E-state index contributed by atoms with van der Waals surface area (Å²) in [5.41, 5.74) is 6.25. The van der Waals surface area contributed by atoms with Gasteiger partial charge in [0.05, 0.1) is 0 Å². The van der Waals surface area contributed by atoms with Gasteiger partial charge in [0.1, 0.15) is 5.75 Å². The van der Waals surface area contributed by atoms with Crippen LogP contribution >= 0.6 is 23.9 Å². The third-order valence-corrected chi connectivity index (χ3v) is 6.35. The maximum absolute atomic E-state index is 6.10. The van der Waals surface area contributed by atoms with E-state index in [1.165, 1.54) is 41.1 Å². The summed E-state index contributed by atoms with van der Waals surface area (Å²) < 4.78 is 10.6. The predicted molar refractivity (Wildman–Crippen MR) is 127 cm³/mol. The molecule has 1 aliphatic carbocycles. The molecule has 4 nitrogen and oxygen atoms in total. The quantitative estimate of drug-likeness (QED) is 0.403. The van der Waals surface area contributed by atoms with Gasteiger partial charge in [-0.15, -0.1) is 12.4 Å². The first-order valence-electron chi connectivity index (χ1n) is 10.4. The summed E-state index contributed by atoms with van der Waals surface area (Å²) >= 11 is 1.31. The molecule has 2 aromatic carbocycles. The van der Waals surface area contributed by atoms with Gasteiger partial charge in [0.2, 0.25) is 0 Å². The molecule has 6 heteroatoms. The fraction of sp³-hybridized carbons (Fsp3) is 0.417. The lowest BCUT2D eigenvalue weighted by molar-refractivity contribution is 0.357. The Kier molecular flexibility index (Phi) is 7.50. The van der Waals surface area contributed by atoms with E-state index >= 15 is 0 Å². The van der Waals surface area contributed by atoms with E-state index in [0.717, 1.165) is 48.1 Å². The zero-order valence-corrected chi connectivity index (χ0v) is 19.8. The van der Waals surface area contributed by atoms with Crippen LogP contribution in [0.3, 0.4) is 0 Å². The van der Waals surface area contributed by atoms with Crippen LogP contribution < -0.4 is 4.74 Å². The van der Waals surface area contributed by atoms with E-state index in [0.29, 0.717) is 5.19 Å². The molecule has 0 spiro atoms. The number of ether oxygens (including phenoxy) is 1. The molecule has 1 heterocycles. The second-order valence-corrected chi connectivity index (χ2v) is 8.79. The van der Waals surface area contributed by atoms with Gasteiger partial charge in [-0.1, -0.05) is 37.3 Å². The Morgan fingerprint density at radius 2 is 1.83 bits per heavy atom. The minimum atomic E-state index is 0. The van der Waals surface area contributed by atoms with E-state index in [4.69, 9.17) is 4.74 Å². The van der Waals surface area contributed by atoms with Crippen LogP contribution in [0.15, 0.2) is 36.4 Å². The average molecular weight is 444 g/mol. The van der Waals surface area contributed by atoms with Crippen LogP contribution in [-0.2, 0) is 6.42 Å². The van der Waals surface area contributed by atoms with Crippen LogP contribution in [-0.4, -0.2) is 34.4 Å². The fourth-order valence-corrected chi connectivity index (χ4v) is 4.05. The second kappa shape index (κ2) is 9.90. The Hall–Kier alpha value is -1.95. The van der Waals surface area contributed by atoms with Gasteiger partial charge in [-0.05, 0) is 80.9 Å². The number of halogens is 1. The smallest absolute Gasteiger partial charge is 0.299 e. The second-order valence-electron chi connectivity index (χ2n) is 8.07. The van der Waals surface area contributed by atoms with E-state index in [1.54, 1.807) is 0 Å². The molecule has 0 bridgehead atoms. The van der Waals surface area contributed by atoms with Gasteiger partial charge in [0.25, 0.3) is 5.19 Å². The monoisotopic (exact) mass is 443 g/mol. The highest BCUT2D eigenvalue weighted by atomic mass is 35.5. The molecular weight excluding hydrogens is 414 g/mol. The van der Waals surface area contributed by atoms with Crippen molar-refractivity contribution in [2.45, 2.75) is 46.0 Å². The van der Waals surface area contributed by atoms with Crippen molar-refractivity contribution in [3.8, 4) is 22.3 Å². The summed E-state index contributed by atoms with van der Waals surface area (Å²) in [7, 11) is 2.16. The first-order valence-corrected chi connectivity index (χ1v) is 11.2. The van der Waals surface area contributed by atoms with Crippen LogP contribution in [0.1, 0.15) is 47.9 Å². The molecule has 4 rings (SSSR count). The maximum atomic E-state index is 6.10. The number of benzene rings is 2. The summed E-state index contributed by atoms with van der Waals surface area (Å²) in [5.74, 6) is 2.37. The first kappa shape index (κ1) is 22.7. The van der Waals surface area contributed by atoms with Gasteiger partial charge in [-0.3, -0.25) is 0 Å². The molecule has 3 aromatic rings.